The Hall–Kier alpha value is -1.63. The molecular formula is C15H19NO5. The van der Waals surface area contributed by atoms with Gasteiger partial charge in [0.15, 0.2) is 0 Å². The predicted molar refractivity (Wildman–Crippen MR) is 75.1 cm³/mol. The molecule has 1 amide bonds. The molecule has 3 rings (SSSR count). The van der Waals surface area contributed by atoms with Crippen molar-refractivity contribution < 1.29 is 24.1 Å². The Bertz CT molecular complexity index is 509. The number of hydrogen-bond acceptors (Lipinski definition) is 5. The summed E-state index contributed by atoms with van der Waals surface area (Å²) in [5, 5.41) is 9.86. The van der Waals surface area contributed by atoms with E-state index in [4.69, 9.17) is 14.2 Å². The molecule has 1 N–H and O–H groups in total. The van der Waals surface area contributed by atoms with Gasteiger partial charge < -0.3 is 24.2 Å². The van der Waals surface area contributed by atoms with Crippen LogP contribution < -0.4 is 9.64 Å². The van der Waals surface area contributed by atoms with Gasteiger partial charge in [0.05, 0.1) is 31.8 Å². The van der Waals surface area contributed by atoms with Crippen LogP contribution in [0.15, 0.2) is 24.3 Å². The number of hydrogen-bond donors (Lipinski definition) is 1. The lowest BCUT2D eigenvalue weighted by atomic mass is 9.79. The summed E-state index contributed by atoms with van der Waals surface area (Å²) in [6.07, 6.45) is -0.911. The van der Waals surface area contributed by atoms with Crippen molar-refractivity contribution in [1.82, 2.24) is 0 Å². The number of amides is 1. The molecule has 1 aromatic carbocycles. The van der Waals surface area contributed by atoms with Crippen LogP contribution in [0.5, 0.6) is 5.75 Å². The summed E-state index contributed by atoms with van der Waals surface area (Å²) >= 11 is 0. The lowest BCUT2D eigenvalue weighted by molar-refractivity contribution is -0.139. The van der Waals surface area contributed by atoms with E-state index in [2.05, 4.69) is 0 Å². The molecular weight excluding hydrogens is 274 g/mol. The summed E-state index contributed by atoms with van der Waals surface area (Å²) in [4.78, 5) is 14.0. The van der Waals surface area contributed by atoms with Gasteiger partial charge in [0, 0.05) is 5.69 Å². The summed E-state index contributed by atoms with van der Waals surface area (Å²) in [7, 11) is 1.60. The molecule has 0 aromatic heterocycles. The molecule has 2 saturated heterocycles. The van der Waals surface area contributed by atoms with E-state index in [1.54, 1.807) is 31.1 Å². The molecule has 4 atom stereocenters. The molecule has 1 aromatic rings. The second kappa shape index (κ2) is 5.63. The van der Waals surface area contributed by atoms with Gasteiger partial charge in [-0.15, -0.1) is 0 Å². The molecule has 2 aliphatic heterocycles. The first kappa shape index (κ1) is 14.3. The number of carbonyl (C=O) groups is 1. The number of anilines is 1. The smallest absolute Gasteiger partial charge is 0.235 e. The summed E-state index contributed by atoms with van der Waals surface area (Å²) in [5.74, 6) is 0.199. The Morgan fingerprint density at radius 2 is 2.10 bits per heavy atom. The largest absolute Gasteiger partial charge is 0.497 e. The SMILES string of the molecule is COc1ccc(N2C(=O)[C@H]([C@@H](C)O)[C@H]2[C@H]2COCO2)cc1. The number of rotatable bonds is 4. The van der Waals surface area contributed by atoms with Crippen LogP contribution in [0.3, 0.4) is 0 Å². The van der Waals surface area contributed by atoms with Crippen LogP contribution >= 0.6 is 0 Å². The topological polar surface area (TPSA) is 68.2 Å². The molecule has 0 bridgehead atoms. The lowest BCUT2D eigenvalue weighted by Crippen LogP contribution is -2.69. The molecule has 0 radical (unpaired) electrons. The number of methoxy groups -OCH3 is 1. The highest BCUT2D eigenvalue weighted by Crippen LogP contribution is 2.38. The standard InChI is InChI=1S/C15H19NO5/c1-9(17)13-14(12-7-20-8-21-12)16(15(13)18)10-3-5-11(19-2)6-4-10/h3-6,9,12-14,17H,7-8H2,1-2H3/t9-,12-,13-,14-/m1/s1. The number of aliphatic hydroxyl groups excluding tert-OH is 1. The summed E-state index contributed by atoms with van der Waals surface area (Å²) in [6.45, 7) is 2.31. The predicted octanol–water partition coefficient (Wildman–Crippen LogP) is 0.780. The maximum absolute atomic E-state index is 12.4. The fraction of sp³-hybridized carbons (Fsp3) is 0.533. The van der Waals surface area contributed by atoms with Gasteiger partial charge >= 0.3 is 0 Å². The average molecular weight is 293 g/mol. The molecule has 6 nitrogen and oxygen atoms in total. The zero-order valence-corrected chi connectivity index (χ0v) is 12.1. The Kier molecular flexibility index (Phi) is 3.84. The van der Waals surface area contributed by atoms with Gasteiger partial charge in [0.1, 0.15) is 18.6 Å². The minimum absolute atomic E-state index is 0.0873. The Labute approximate surface area is 123 Å². The van der Waals surface area contributed by atoms with Crippen molar-refractivity contribution in [2.75, 3.05) is 25.4 Å². The van der Waals surface area contributed by atoms with E-state index in [-0.39, 0.29) is 24.8 Å². The van der Waals surface area contributed by atoms with Gasteiger partial charge in [-0.1, -0.05) is 0 Å². The molecule has 6 heteroatoms. The van der Waals surface area contributed by atoms with Gasteiger partial charge in [0.25, 0.3) is 0 Å². The van der Waals surface area contributed by atoms with Crippen molar-refractivity contribution in [3.8, 4) is 5.75 Å². The first-order valence-electron chi connectivity index (χ1n) is 6.98. The minimum atomic E-state index is -0.707. The van der Waals surface area contributed by atoms with Crippen molar-refractivity contribution in [1.29, 1.82) is 0 Å². The van der Waals surface area contributed by atoms with E-state index in [0.717, 1.165) is 11.4 Å². The number of carbonyl (C=O) groups excluding carboxylic acids is 1. The molecule has 114 valence electrons. The van der Waals surface area contributed by atoms with Crippen LogP contribution in [-0.2, 0) is 14.3 Å². The molecule has 0 spiro atoms. The highest BCUT2D eigenvalue weighted by atomic mass is 16.7. The zero-order valence-electron chi connectivity index (χ0n) is 12.1. The molecule has 2 aliphatic rings. The van der Waals surface area contributed by atoms with Gasteiger partial charge in [-0.3, -0.25) is 4.79 Å². The molecule has 2 heterocycles. The van der Waals surface area contributed by atoms with E-state index in [0.29, 0.717) is 6.61 Å². The van der Waals surface area contributed by atoms with Crippen LogP contribution in [0, 0.1) is 5.92 Å². The number of aliphatic hydroxyl groups is 1. The summed E-state index contributed by atoms with van der Waals surface area (Å²) < 4.78 is 15.9. The second-order valence-corrected chi connectivity index (χ2v) is 5.36. The fourth-order valence-corrected chi connectivity index (χ4v) is 3.01. The normalized spacial score (nSPS) is 30.1. The van der Waals surface area contributed by atoms with Crippen molar-refractivity contribution in [3.05, 3.63) is 24.3 Å². The third kappa shape index (κ3) is 2.39. The van der Waals surface area contributed by atoms with E-state index in [1.807, 2.05) is 12.1 Å². The molecule has 0 saturated carbocycles. The average Bonchev–Trinajstić information content (AvgIpc) is 2.98. The van der Waals surface area contributed by atoms with Crippen molar-refractivity contribution in [2.45, 2.75) is 25.2 Å². The van der Waals surface area contributed by atoms with E-state index < -0.39 is 12.0 Å². The Morgan fingerprint density at radius 3 is 2.62 bits per heavy atom. The lowest BCUT2D eigenvalue weighted by Gasteiger charge is -2.50. The van der Waals surface area contributed by atoms with E-state index in [9.17, 15) is 9.90 Å². The van der Waals surface area contributed by atoms with Gasteiger partial charge in [-0.05, 0) is 31.2 Å². The minimum Gasteiger partial charge on any atom is -0.497 e. The highest BCUT2D eigenvalue weighted by Gasteiger charge is 2.55. The molecule has 2 fully saturated rings. The molecule has 0 unspecified atom stereocenters. The van der Waals surface area contributed by atoms with Gasteiger partial charge in [-0.25, -0.2) is 0 Å². The van der Waals surface area contributed by atoms with Crippen LogP contribution in [0.4, 0.5) is 5.69 Å². The third-order valence-corrected chi connectivity index (χ3v) is 4.09. The first-order chi connectivity index (χ1) is 10.1. The van der Waals surface area contributed by atoms with E-state index in [1.165, 1.54) is 0 Å². The number of benzene rings is 1. The Morgan fingerprint density at radius 1 is 1.38 bits per heavy atom. The summed E-state index contributed by atoms with van der Waals surface area (Å²) in [6, 6.07) is 7.08. The number of ether oxygens (including phenoxy) is 3. The monoisotopic (exact) mass is 293 g/mol. The van der Waals surface area contributed by atoms with Crippen molar-refractivity contribution >= 4 is 11.6 Å². The third-order valence-electron chi connectivity index (χ3n) is 4.09. The quantitative estimate of drug-likeness (QED) is 0.831. The number of nitrogens with zero attached hydrogens (tertiary/aromatic N) is 1. The first-order valence-corrected chi connectivity index (χ1v) is 6.98. The van der Waals surface area contributed by atoms with Crippen molar-refractivity contribution in [2.24, 2.45) is 5.92 Å². The number of β-lactam (4-membered cyclic amide) rings is 1. The zero-order chi connectivity index (χ0) is 15.0. The Balaban J connectivity index is 1.86. The van der Waals surface area contributed by atoms with Crippen LogP contribution in [0.1, 0.15) is 6.92 Å². The maximum Gasteiger partial charge on any atom is 0.235 e. The fourth-order valence-electron chi connectivity index (χ4n) is 3.01. The second-order valence-electron chi connectivity index (χ2n) is 5.36. The van der Waals surface area contributed by atoms with E-state index >= 15 is 0 Å². The summed E-state index contributed by atoms with van der Waals surface area (Å²) in [5.41, 5.74) is 0.776. The maximum atomic E-state index is 12.4. The van der Waals surface area contributed by atoms with Crippen LogP contribution in [-0.4, -0.2) is 49.8 Å². The van der Waals surface area contributed by atoms with Crippen molar-refractivity contribution in [3.63, 3.8) is 0 Å². The van der Waals surface area contributed by atoms with Crippen LogP contribution in [0.25, 0.3) is 0 Å². The van der Waals surface area contributed by atoms with Gasteiger partial charge in [0.2, 0.25) is 5.91 Å². The highest BCUT2D eigenvalue weighted by molar-refractivity contribution is 6.03. The van der Waals surface area contributed by atoms with Crippen LogP contribution in [0.2, 0.25) is 0 Å². The molecule has 0 aliphatic carbocycles. The van der Waals surface area contributed by atoms with Gasteiger partial charge in [-0.2, -0.15) is 0 Å². The molecule has 21 heavy (non-hydrogen) atoms.